The summed E-state index contributed by atoms with van der Waals surface area (Å²) in [6.07, 6.45) is 3.59. The Balaban J connectivity index is 2.49. The van der Waals surface area contributed by atoms with Crippen LogP contribution in [-0.4, -0.2) is 16.7 Å². The van der Waals surface area contributed by atoms with E-state index in [-0.39, 0.29) is 6.61 Å². The number of nitrogens with zero attached hydrogens (tertiary/aromatic N) is 1. The highest BCUT2D eigenvalue weighted by atomic mass is 79.9. The first-order valence-electron chi connectivity index (χ1n) is 4.43. The van der Waals surface area contributed by atoms with E-state index in [4.69, 9.17) is 5.11 Å². The molecular weight excluding hydrogens is 230 g/mol. The van der Waals surface area contributed by atoms with E-state index in [9.17, 15) is 0 Å². The summed E-state index contributed by atoms with van der Waals surface area (Å²) >= 11 is 3.34. The number of hydrogen-bond acceptors (Lipinski definition) is 2. The molecule has 0 saturated heterocycles. The summed E-state index contributed by atoms with van der Waals surface area (Å²) in [5.74, 6) is 0.499. The molecular formula is C10H14BrNO. The van der Waals surface area contributed by atoms with Gasteiger partial charge in [0.25, 0.3) is 0 Å². The largest absolute Gasteiger partial charge is 0.396 e. The van der Waals surface area contributed by atoms with Crippen molar-refractivity contribution in [3.63, 3.8) is 0 Å². The molecule has 1 unspecified atom stereocenters. The maximum Gasteiger partial charge on any atom is 0.0433 e. The van der Waals surface area contributed by atoms with Crippen molar-refractivity contribution in [2.24, 2.45) is 5.92 Å². The second-order valence-electron chi connectivity index (χ2n) is 3.29. The summed E-state index contributed by atoms with van der Waals surface area (Å²) in [6, 6.07) is 4.01. The van der Waals surface area contributed by atoms with Crippen LogP contribution in [0.3, 0.4) is 0 Å². The third-order valence-corrected chi connectivity index (χ3v) is 2.44. The Morgan fingerprint density at radius 2 is 2.31 bits per heavy atom. The lowest BCUT2D eigenvalue weighted by atomic mass is 10.0. The monoisotopic (exact) mass is 243 g/mol. The SMILES string of the molecule is CC(CCO)Cc1ccc(Br)cn1. The first-order valence-corrected chi connectivity index (χ1v) is 5.23. The van der Waals surface area contributed by atoms with Crippen LogP contribution < -0.4 is 0 Å². The predicted octanol–water partition coefficient (Wildman–Crippen LogP) is 2.41. The number of rotatable bonds is 4. The summed E-state index contributed by atoms with van der Waals surface area (Å²) in [5, 5.41) is 8.73. The van der Waals surface area contributed by atoms with E-state index in [0.29, 0.717) is 5.92 Å². The van der Waals surface area contributed by atoms with Gasteiger partial charge in [0, 0.05) is 23.0 Å². The molecule has 1 N–H and O–H groups in total. The van der Waals surface area contributed by atoms with Crippen LogP contribution in [0.1, 0.15) is 19.0 Å². The van der Waals surface area contributed by atoms with Crippen LogP contribution in [0, 0.1) is 5.92 Å². The minimum absolute atomic E-state index is 0.262. The van der Waals surface area contributed by atoms with E-state index in [1.807, 2.05) is 12.1 Å². The van der Waals surface area contributed by atoms with E-state index in [2.05, 4.69) is 27.8 Å². The topological polar surface area (TPSA) is 33.1 Å². The van der Waals surface area contributed by atoms with Crippen LogP contribution in [-0.2, 0) is 6.42 Å². The average molecular weight is 244 g/mol. The van der Waals surface area contributed by atoms with Gasteiger partial charge >= 0.3 is 0 Å². The Bertz CT molecular complexity index is 248. The van der Waals surface area contributed by atoms with Crippen molar-refractivity contribution in [1.29, 1.82) is 0 Å². The van der Waals surface area contributed by atoms with Gasteiger partial charge in [-0.05, 0) is 46.8 Å². The molecule has 1 atom stereocenters. The molecule has 0 fully saturated rings. The minimum Gasteiger partial charge on any atom is -0.396 e. The molecule has 1 rings (SSSR count). The van der Waals surface area contributed by atoms with Gasteiger partial charge in [-0.25, -0.2) is 0 Å². The van der Waals surface area contributed by atoms with E-state index >= 15 is 0 Å². The van der Waals surface area contributed by atoms with Crippen molar-refractivity contribution < 1.29 is 5.11 Å². The predicted molar refractivity (Wildman–Crippen MR) is 56.5 cm³/mol. The Hall–Kier alpha value is -0.410. The van der Waals surface area contributed by atoms with Gasteiger partial charge in [0.15, 0.2) is 0 Å². The molecule has 0 bridgehead atoms. The molecule has 72 valence electrons. The van der Waals surface area contributed by atoms with Crippen LogP contribution >= 0.6 is 15.9 Å². The Kier molecular flexibility index (Phi) is 4.39. The zero-order valence-corrected chi connectivity index (χ0v) is 9.29. The summed E-state index contributed by atoms with van der Waals surface area (Å²) in [5.41, 5.74) is 1.09. The van der Waals surface area contributed by atoms with Gasteiger partial charge in [-0.2, -0.15) is 0 Å². The molecule has 0 radical (unpaired) electrons. The summed E-state index contributed by atoms with van der Waals surface area (Å²) in [6.45, 7) is 2.39. The number of aliphatic hydroxyl groups excluding tert-OH is 1. The van der Waals surface area contributed by atoms with Crippen LogP contribution in [0.25, 0.3) is 0 Å². The van der Waals surface area contributed by atoms with Gasteiger partial charge in [-0.15, -0.1) is 0 Å². The molecule has 0 spiro atoms. The van der Waals surface area contributed by atoms with Crippen LogP contribution in [0.5, 0.6) is 0 Å². The van der Waals surface area contributed by atoms with Gasteiger partial charge in [0.05, 0.1) is 0 Å². The second kappa shape index (κ2) is 5.35. The number of aliphatic hydroxyl groups is 1. The van der Waals surface area contributed by atoms with Crippen molar-refractivity contribution in [3.05, 3.63) is 28.5 Å². The van der Waals surface area contributed by atoms with Gasteiger partial charge in [0.2, 0.25) is 0 Å². The van der Waals surface area contributed by atoms with Gasteiger partial charge < -0.3 is 5.11 Å². The fourth-order valence-corrected chi connectivity index (χ4v) is 1.44. The number of aromatic nitrogens is 1. The Morgan fingerprint density at radius 3 is 2.85 bits per heavy atom. The van der Waals surface area contributed by atoms with Crippen LogP contribution in [0.15, 0.2) is 22.8 Å². The molecule has 0 aromatic carbocycles. The minimum atomic E-state index is 0.262. The molecule has 0 aliphatic carbocycles. The average Bonchev–Trinajstić information content (AvgIpc) is 2.09. The highest BCUT2D eigenvalue weighted by molar-refractivity contribution is 9.10. The van der Waals surface area contributed by atoms with E-state index in [1.165, 1.54) is 0 Å². The Morgan fingerprint density at radius 1 is 1.54 bits per heavy atom. The van der Waals surface area contributed by atoms with Crippen molar-refractivity contribution in [1.82, 2.24) is 4.98 Å². The first-order chi connectivity index (χ1) is 6.22. The third kappa shape index (κ3) is 3.87. The van der Waals surface area contributed by atoms with Gasteiger partial charge in [-0.1, -0.05) is 6.92 Å². The summed E-state index contributed by atoms with van der Waals surface area (Å²) in [4.78, 5) is 4.27. The van der Waals surface area contributed by atoms with Gasteiger partial charge in [0.1, 0.15) is 0 Å². The lowest BCUT2D eigenvalue weighted by Gasteiger charge is -2.08. The summed E-state index contributed by atoms with van der Waals surface area (Å²) in [7, 11) is 0. The maximum atomic E-state index is 8.73. The molecule has 13 heavy (non-hydrogen) atoms. The standard InChI is InChI=1S/C10H14BrNO/c1-8(4-5-13)6-10-3-2-9(11)7-12-10/h2-3,7-8,13H,4-6H2,1H3. The fraction of sp³-hybridized carbons (Fsp3) is 0.500. The molecule has 0 aliphatic heterocycles. The second-order valence-corrected chi connectivity index (χ2v) is 4.21. The van der Waals surface area contributed by atoms with Crippen molar-refractivity contribution >= 4 is 15.9 Å². The van der Waals surface area contributed by atoms with E-state index in [0.717, 1.165) is 23.0 Å². The molecule has 2 nitrogen and oxygen atoms in total. The summed E-state index contributed by atoms with van der Waals surface area (Å²) < 4.78 is 1.01. The van der Waals surface area contributed by atoms with Gasteiger partial charge in [-0.3, -0.25) is 4.98 Å². The number of halogens is 1. The van der Waals surface area contributed by atoms with E-state index in [1.54, 1.807) is 6.20 Å². The zero-order valence-electron chi connectivity index (χ0n) is 7.70. The molecule has 3 heteroatoms. The maximum absolute atomic E-state index is 8.73. The first kappa shape index (κ1) is 10.7. The zero-order chi connectivity index (χ0) is 9.68. The highest BCUT2D eigenvalue weighted by Gasteiger charge is 2.03. The lowest BCUT2D eigenvalue weighted by molar-refractivity contribution is 0.262. The quantitative estimate of drug-likeness (QED) is 0.882. The molecule has 1 aromatic heterocycles. The van der Waals surface area contributed by atoms with Crippen molar-refractivity contribution in [3.8, 4) is 0 Å². The Labute approximate surface area is 87.1 Å². The third-order valence-electron chi connectivity index (χ3n) is 1.97. The molecule has 0 saturated carbocycles. The molecule has 0 aliphatic rings. The van der Waals surface area contributed by atoms with Crippen molar-refractivity contribution in [2.75, 3.05) is 6.61 Å². The van der Waals surface area contributed by atoms with Crippen molar-refractivity contribution in [2.45, 2.75) is 19.8 Å². The normalized spacial score (nSPS) is 12.8. The van der Waals surface area contributed by atoms with E-state index < -0.39 is 0 Å². The molecule has 1 heterocycles. The lowest BCUT2D eigenvalue weighted by Crippen LogP contribution is -2.03. The number of pyridine rings is 1. The van der Waals surface area contributed by atoms with Crippen LogP contribution in [0.4, 0.5) is 0 Å². The molecule has 1 aromatic rings. The molecule has 0 amide bonds. The number of hydrogen-bond donors (Lipinski definition) is 1. The van der Waals surface area contributed by atoms with Crippen LogP contribution in [0.2, 0.25) is 0 Å². The fourth-order valence-electron chi connectivity index (χ4n) is 1.21. The smallest absolute Gasteiger partial charge is 0.0433 e. The highest BCUT2D eigenvalue weighted by Crippen LogP contribution is 2.12.